The molecule has 1 N–H and O–H groups in total. The van der Waals surface area contributed by atoms with Gasteiger partial charge in [0, 0.05) is 18.5 Å². The Morgan fingerprint density at radius 1 is 1.26 bits per heavy atom. The fraction of sp³-hybridized carbons (Fsp3) is 0.500. The Labute approximate surface area is 184 Å². The first-order valence-electron chi connectivity index (χ1n) is 10.4. The summed E-state index contributed by atoms with van der Waals surface area (Å²) in [7, 11) is 1.63. The third kappa shape index (κ3) is 6.03. The van der Waals surface area contributed by atoms with Gasteiger partial charge in [0.2, 0.25) is 22.8 Å². The predicted octanol–water partition coefficient (Wildman–Crippen LogP) is 2.69. The average molecular weight is 444 g/mol. The van der Waals surface area contributed by atoms with Gasteiger partial charge in [-0.15, -0.1) is 5.10 Å². The van der Waals surface area contributed by atoms with E-state index < -0.39 is 0 Å². The highest BCUT2D eigenvalue weighted by Crippen LogP contribution is 2.36. The zero-order chi connectivity index (χ0) is 21.5. The van der Waals surface area contributed by atoms with Crippen LogP contribution in [0.5, 0.6) is 5.75 Å². The summed E-state index contributed by atoms with van der Waals surface area (Å²) in [4.78, 5) is 16.5. The summed E-state index contributed by atoms with van der Waals surface area (Å²) in [6, 6.07) is 7.95. The Morgan fingerprint density at radius 2 is 2.10 bits per heavy atom. The second-order valence-electron chi connectivity index (χ2n) is 7.33. The standard InChI is InChI=1S/C20H25N7O3S/c1-29-16-10-6-14(7-11-16)19-22-18(30-24-19)5-3-2-4-12-21-17(28)13-31-20-23-25-26-27(20)15-8-9-15/h6-7,10-11,15H,2-5,8-9,12-13H2,1H3,(H,21,28). The van der Waals surface area contributed by atoms with Gasteiger partial charge in [-0.25, -0.2) is 4.68 Å². The number of tetrazole rings is 1. The Hall–Kier alpha value is -2.95. The van der Waals surface area contributed by atoms with Crippen molar-refractivity contribution in [3.8, 4) is 17.1 Å². The molecule has 1 amide bonds. The number of thioether (sulfide) groups is 1. The second-order valence-corrected chi connectivity index (χ2v) is 8.27. The highest BCUT2D eigenvalue weighted by atomic mass is 32.2. The molecular weight excluding hydrogens is 418 g/mol. The zero-order valence-electron chi connectivity index (χ0n) is 17.4. The number of nitrogens with zero attached hydrogens (tertiary/aromatic N) is 6. The first-order chi connectivity index (χ1) is 15.2. The van der Waals surface area contributed by atoms with Gasteiger partial charge >= 0.3 is 0 Å². The van der Waals surface area contributed by atoms with Crippen molar-refractivity contribution < 1.29 is 14.1 Å². The number of hydrogen-bond acceptors (Lipinski definition) is 9. The molecular formula is C20H25N7O3S. The van der Waals surface area contributed by atoms with E-state index >= 15 is 0 Å². The number of rotatable bonds is 12. The lowest BCUT2D eigenvalue weighted by molar-refractivity contribution is -0.118. The Balaban J connectivity index is 1.09. The van der Waals surface area contributed by atoms with Crippen LogP contribution in [0, 0.1) is 0 Å². The number of carbonyl (C=O) groups excluding carboxylic acids is 1. The van der Waals surface area contributed by atoms with Crippen LogP contribution >= 0.6 is 11.8 Å². The monoisotopic (exact) mass is 443 g/mol. The van der Waals surface area contributed by atoms with Crippen molar-refractivity contribution in [2.24, 2.45) is 0 Å². The third-order valence-corrected chi connectivity index (χ3v) is 5.83. The third-order valence-electron chi connectivity index (χ3n) is 4.89. The summed E-state index contributed by atoms with van der Waals surface area (Å²) >= 11 is 1.38. The van der Waals surface area contributed by atoms with Crippen LogP contribution in [0.3, 0.4) is 0 Å². The molecule has 0 saturated heterocycles. The van der Waals surface area contributed by atoms with E-state index in [9.17, 15) is 4.79 Å². The van der Waals surface area contributed by atoms with Gasteiger partial charge < -0.3 is 14.6 Å². The van der Waals surface area contributed by atoms with Crippen LogP contribution in [0.4, 0.5) is 0 Å². The number of amides is 1. The number of aromatic nitrogens is 6. The molecule has 4 rings (SSSR count). The van der Waals surface area contributed by atoms with E-state index in [1.165, 1.54) is 11.8 Å². The van der Waals surface area contributed by atoms with E-state index in [0.717, 1.165) is 49.8 Å². The minimum atomic E-state index is -0.00335. The summed E-state index contributed by atoms with van der Waals surface area (Å²) in [5, 5.41) is 19.4. The highest BCUT2D eigenvalue weighted by Gasteiger charge is 2.28. The van der Waals surface area contributed by atoms with Crippen LogP contribution < -0.4 is 10.1 Å². The van der Waals surface area contributed by atoms with E-state index in [2.05, 4.69) is 31.0 Å². The Kier molecular flexibility index (Phi) is 7.13. The topological polar surface area (TPSA) is 121 Å². The molecule has 0 bridgehead atoms. The summed E-state index contributed by atoms with van der Waals surface area (Å²) in [6.45, 7) is 0.647. The van der Waals surface area contributed by atoms with Crippen LogP contribution in [0.25, 0.3) is 11.4 Å². The lowest BCUT2D eigenvalue weighted by atomic mass is 10.2. The van der Waals surface area contributed by atoms with E-state index in [1.807, 2.05) is 28.9 Å². The largest absolute Gasteiger partial charge is 0.497 e. The van der Waals surface area contributed by atoms with Crippen molar-refractivity contribution in [3.05, 3.63) is 30.2 Å². The number of benzene rings is 1. The molecule has 0 aliphatic heterocycles. The molecule has 1 fully saturated rings. The maximum absolute atomic E-state index is 12.0. The molecule has 0 radical (unpaired) electrons. The van der Waals surface area contributed by atoms with E-state index in [1.54, 1.807) is 7.11 Å². The molecule has 1 aliphatic rings. The minimum absolute atomic E-state index is 0.00335. The molecule has 0 unspecified atom stereocenters. The van der Waals surface area contributed by atoms with Crippen molar-refractivity contribution in [1.82, 2.24) is 35.7 Å². The first-order valence-corrected chi connectivity index (χ1v) is 11.4. The van der Waals surface area contributed by atoms with E-state index in [0.29, 0.717) is 35.2 Å². The number of nitrogens with one attached hydrogen (secondary N) is 1. The molecule has 1 aliphatic carbocycles. The Morgan fingerprint density at radius 3 is 2.87 bits per heavy atom. The highest BCUT2D eigenvalue weighted by molar-refractivity contribution is 7.99. The van der Waals surface area contributed by atoms with Crippen molar-refractivity contribution in [2.75, 3.05) is 19.4 Å². The molecule has 1 saturated carbocycles. The molecule has 10 nitrogen and oxygen atoms in total. The lowest BCUT2D eigenvalue weighted by Gasteiger charge is -2.05. The first kappa shape index (κ1) is 21.3. The van der Waals surface area contributed by atoms with Crippen LogP contribution in [0.15, 0.2) is 33.9 Å². The molecule has 31 heavy (non-hydrogen) atoms. The van der Waals surface area contributed by atoms with E-state index in [-0.39, 0.29) is 5.91 Å². The van der Waals surface area contributed by atoms with Gasteiger partial charge in [0.15, 0.2) is 0 Å². The van der Waals surface area contributed by atoms with Gasteiger partial charge in [0.25, 0.3) is 0 Å². The maximum Gasteiger partial charge on any atom is 0.230 e. The quantitative estimate of drug-likeness (QED) is 0.332. The maximum atomic E-state index is 12.0. The lowest BCUT2D eigenvalue weighted by Crippen LogP contribution is -2.26. The number of hydrogen-bond donors (Lipinski definition) is 1. The second kappa shape index (κ2) is 10.4. The number of methoxy groups -OCH3 is 1. The summed E-state index contributed by atoms with van der Waals surface area (Å²) < 4.78 is 12.3. The Bertz CT molecular complexity index is 985. The SMILES string of the molecule is COc1ccc(-c2noc(CCCCCNC(=O)CSc3nnnn3C3CC3)n2)cc1. The van der Waals surface area contributed by atoms with Gasteiger partial charge in [-0.3, -0.25) is 4.79 Å². The molecule has 0 atom stereocenters. The van der Waals surface area contributed by atoms with Crippen molar-refractivity contribution in [1.29, 1.82) is 0 Å². The molecule has 2 aromatic heterocycles. The van der Waals surface area contributed by atoms with Gasteiger partial charge in [0.05, 0.1) is 18.9 Å². The van der Waals surface area contributed by atoms with Crippen molar-refractivity contribution in [2.45, 2.75) is 49.7 Å². The fourth-order valence-corrected chi connectivity index (χ4v) is 3.80. The van der Waals surface area contributed by atoms with Crippen LogP contribution in [0.2, 0.25) is 0 Å². The molecule has 1 aromatic carbocycles. The molecule has 3 aromatic rings. The average Bonchev–Trinajstić information content (AvgIpc) is 3.34. The van der Waals surface area contributed by atoms with Gasteiger partial charge in [-0.1, -0.05) is 23.3 Å². The molecule has 2 heterocycles. The summed E-state index contributed by atoms with van der Waals surface area (Å²) in [5.74, 6) is 2.31. The van der Waals surface area contributed by atoms with Gasteiger partial charge in [0.1, 0.15) is 5.75 Å². The number of aryl methyl sites for hydroxylation is 1. The normalized spacial score (nSPS) is 13.3. The van der Waals surface area contributed by atoms with Crippen LogP contribution in [-0.2, 0) is 11.2 Å². The van der Waals surface area contributed by atoms with Crippen LogP contribution in [-0.4, -0.2) is 55.7 Å². The smallest absolute Gasteiger partial charge is 0.230 e. The predicted molar refractivity (Wildman–Crippen MR) is 114 cm³/mol. The van der Waals surface area contributed by atoms with Gasteiger partial charge in [-0.05, 0) is 60.4 Å². The zero-order valence-corrected chi connectivity index (χ0v) is 18.2. The van der Waals surface area contributed by atoms with Crippen molar-refractivity contribution in [3.63, 3.8) is 0 Å². The molecule has 11 heteroatoms. The van der Waals surface area contributed by atoms with E-state index in [4.69, 9.17) is 9.26 Å². The molecule has 164 valence electrons. The van der Waals surface area contributed by atoms with Gasteiger partial charge in [-0.2, -0.15) is 4.98 Å². The number of carbonyl (C=O) groups is 1. The van der Waals surface area contributed by atoms with Crippen molar-refractivity contribution >= 4 is 17.7 Å². The summed E-state index contributed by atoms with van der Waals surface area (Å²) in [6.07, 6.45) is 5.72. The number of ether oxygens (including phenoxy) is 1. The summed E-state index contributed by atoms with van der Waals surface area (Å²) in [5.41, 5.74) is 0.891. The number of unbranched alkanes of at least 4 members (excludes halogenated alkanes) is 2. The molecule has 0 spiro atoms. The minimum Gasteiger partial charge on any atom is -0.497 e. The fourth-order valence-electron chi connectivity index (χ4n) is 3.03. The van der Waals surface area contributed by atoms with Crippen LogP contribution in [0.1, 0.15) is 44.0 Å².